The summed E-state index contributed by atoms with van der Waals surface area (Å²) in [6.45, 7) is 1.43. The molecule has 0 saturated heterocycles. The fraction of sp³-hybridized carbons (Fsp3) is 0.0588. The van der Waals surface area contributed by atoms with Crippen molar-refractivity contribution in [2.24, 2.45) is 0 Å². The second-order valence-electron chi connectivity index (χ2n) is 4.98. The van der Waals surface area contributed by atoms with Crippen LogP contribution >= 0.6 is 0 Å². The first-order valence-electron chi connectivity index (χ1n) is 7.01. The van der Waals surface area contributed by atoms with Crippen molar-refractivity contribution >= 4 is 34.2 Å². The number of hydrogen-bond acceptors (Lipinski definition) is 4. The van der Waals surface area contributed by atoms with Gasteiger partial charge in [-0.3, -0.25) is 19.6 Å². The average molecular weight is 306 g/mol. The summed E-state index contributed by atoms with van der Waals surface area (Å²) < 4.78 is 0. The lowest BCUT2D eigenvalue weighted by atomic mass is 10.1. The molecular formula is C17H14N4O2. The monoisotopic (exact) mass is 306 g/mol. The molecule has 0 unspecified atom stereocenters. The van der Waals surface area contributed by atoms with E-state index in [1.54, 1.807) is 54.9 Å². The Balaban J connectivity index is 1.81. The Hall–Kier alpha value is -3.28. The van der Waals surface area contributed by atoms with E-state index in [9.17, 15) is 9.59 Å². The lowest BCUT2D eigenvalue weighted by molar-refractivity contribution is -0.114. The van der Waals surface area contributed by atoms with Gasteiger partial charge in [0.1, 0.15) is 0 Å². The van der Waals surface area contributed by atoms with Gasteiger partial charge in [0.25, 0.3) is 5.91 Å². The van der Waals surface area contributed by atoms with E-state index >= 15 is 0 Å². The molecule has 0 spiro atoms. The van der Waals surface area contributed by atoms with Gasteiger partial charge < -0.3 is 10.6 Å². The molecule has 6 heteroatoms. The number of rotatable bonds is 3. The first-order valence-corrected chi connectivity index (χ1v) is 7.01. The zero-order chi connectivity index (χ0) is 16.2. The summed E-state index contributed by atoms with van der Waals surface area (Å²) in [7, 11) is 0. The van der Waals surface area contributed by atoms with Crippen LogP contribution in [0.3, 0.4) is 0 Å². The Morgan fingerprint density at radius 3 is 2.30 bits per heavy atom. The van der Waals surface area contributed by atoms with Gasteiger partial charge in [-0.2, -0.15) is 0 Å². The number of carbonyl (C=O) groups is 2. The number of nitrogens with one attached hydrogen (secondary N) is 2. The van der Waals surface area contributed by atoms with E-state index in [0.717, 1.165) is 5.52 Å². The second-order valence-corrected chi connectivity index (χ2v) is 4.98. The van der Waals surface area contributed by atoms with Crippen molar-refractivity contribution in [2.75, 3.05) is 10.6 Å². The molecule has 2 aromatic carbocycles. The molecule has 0 radical (unpaired) electrons. The number of hydrogen-bond donors (Lipinski definition) is 2. The molecule has 1 aromatic heterocycles. The van der Waals surface area contributed by atoms with E-state index in [4.69, 9.17) is 0 Å². The predicted octanol–water partition coefficient (Wildman–Crippen LogP) is 2.84. The van der Waals surface area contributed by atoms with E-state index in [-0.39, 0.29) is 11.8 Å². The molecule has 114 valence electrons. The van der Waals surface area contributed by atoms with Crippen LogP contribution < -0.4 is 10.6 Å². The molecule has 0 aliphatic carbocycles. The third-order valence-electron chi connectivity index (χ3n) is 3.17. The van der Waals surface area contributed by atoms with Gasteiger partial charge in [-0.1, -0.05) is 6.07 Å². The highest BCUT2D eigenvalue weighted by Crippen LogP contribution is 2.17. The molecule has 6 nitrogen and oxygen atoms in total. The lowest BCUT2D eigenvalue weighted by Gasteiger charge is -2.08. The quantitative estimate of drug-likeness (QED) is 0.779. The molecule has 2 amide bonds. The minimum absolute atomic E-state index is 0.165. The third kappa shape index (κ3) is 3.49. The molecule has 0 aliphatic rings. The largest absolute Gasteiger partial charge is 0.326 e. The minimum atomic E-state index is -0.252. The number of amides is 2. The van der Waals surface area contributed by atoms with E-state index in [1.165, 1.54) is 6.92 Å². The van der Waals surface area contributed by atoms with Gasteiger partial charge >= 0.3 is 0 Å². The fourth-order valence-electron chi connectivity index (χ4n) is 2.19. The molecule has 3 aromatic rings. The van der Waals surface area contributed by atoms with Crippen molar-refractivity contribution in [1.82, 2.24) is 9.97 Å². The SMILES string of the molecule is CC(=O)Nc1cccc(NC(=O)c2ccc3nccnc3c2)c1. The average Bonchev–Trinajstić information content (AvgIpc) is 2.54. The second kappa shape index (κ2) is 6.23. The number of nitrogens with zero attached hydrogens (tertiary/aromatic N) is 2. The molecule has 0 bridgehead atoms. The summed E-state index contributed by atoms with van der Waals surface area (Å²) >= 11 is 0. The maximum Gasteiger partial charge on any atom is 0.255 e. The molecular weight excluding hydrogens is 292 g/mol. The highest BCUT2D eigenvalue weighted by atomic mass is 16.2. The van der Waals surface area contributed by atoms with Crippen molar-refractivity contribution in [2.45, 2.75) is 6.92 Å². The van der Waals surface area contributed by atoms with Gasteiger partial charge in [0.15, 0.2) is 0 Å². The van der Waals surface area contributed by atoms with Crippen LogP contribution in [0.2, 0.25) is 0 Å². The van der Waals surface area contributed by atoms with Crippen LogP contribution in [0, 0.1) is 0 Å². The van der Waals surface area contributed by atoms with Gasteiger partial charge in [0, 0.05) is 36.3 Å². The number of aromatic nitrogens is 2. The van der Waals surface area contributed by atoms with Crippen molar-refractivity contribution in [3.05, 3.63) is 60.4 Å². The number of carbonyl (C=O) groups excluding carboxylic acids is 2. The van der Waals surface area contributed by atoms with Gasteiger partial charge in [-0.15, -0.1) is 0 Å². The molecule has 0 aliphatic heterocycles. The molecule has 0 fully saturated rings. The van der Waals surface area contributed by atoms with Crippen LogP contribution in [-0.4, -0.2) is 21.8 Å². The zero-order valence-corrected chi connectivity index (χ0v) is 12.4. The highest BCUT2D eigenvalue weighted by molar-refractivity contribution is 6.06. The normalized spacial score (nSPS) is 10.3. The van der Waals surface area contributed by atoms with Crippen molar-refractivity contribution < 1.29 is 9.59 Å². The molecule has 2 N–H and O–H groups in total. The van der Waals surface area contributed by atoms with Crippen LogP contribution in [0.1, 0.15) is 17.3 Å². The maximum atomic E-state index is 12.3. The van der Waals surface area contributed by atoms with Crippen LogP contribution in [0.5, 0.6) is 0 Å². The Bertz CT molecular complexity index is 892. The Labute approximate surface area is 132 Å². The van der Waals surface area contributed by atoms with Gasteiger partial charge in [0.05, 0.1) is 11.0 Å². The van der Waals surface area contributed by atoms with E-state index in [0.29, 0.717) is 22.5 Å². The third-order valence-corrected chi connectivity index (χ3v) is 3.17. The number of benzene rings is 2. The summed E-state index contributed by atoms with van der Waals surface area (Å²) in [6, 6.07) is 12.1. The molecule has 1 heterocycles. The molecule has 0 saturated carbocycles. The summed E-state index contributed by atoms with van der Waals surface area (Å²) in [5.41, 5.74) is 3.10. The molecule has 23 heavy (non-hydrogen) atoms. The molecule has 3 rings (SSSR count). The van der Waals surface area contributed by atoms with Crippen LogP contribution in [0.15, 0.2) is 54.9 Å². The number of fused-ring (bicyclic) bond motifs is 1. The van der Waals surface area contributed by atoms with Crippen molar-refractivity contribution in [3.8, 4) is 0 Å². The van der Waals surface area contributed by atoms with Gasteiger partial charge in [-0.25, -0.2) is 0 Å². The van der Waals surface area contributed by atoms with Crippen molar-refractivity contribution in [1.29, 1.82) is 0 Å². The van der Waals surface area contributed by atoms with Crippen LogP contribution in [0.25, 0.3) is 11.0 Å². The fourth-order valence-corrected chi connectivity index (χ4v) is 2.19. The summed E-state index contributed by atoms with van der Waals surface area (Å²) in [5, 5.41) is 5.47. The Morgan fingerprint density at radius 2 is 1.57 bits per heavy atom. The first-order chi connectivity index (χ1) is 11.1. The van der Waals surface area contributed by atoms with E-state index in [2.05, 4.69) is 20.6 Å². The highest BCUT2D eigenvalue weighted by Gasteiger charge is 2.08. The maximum absolute atomic E-state index is 12.3. The summed E-state index contributed by atoms with van der Waals surface area (Å²) in [4.78, 5) is 31.8. The number of anilines is 2. The lowest BCUT2D eigenvalue weighted by Crippen LogP contribution is -2.12. The topological polar surface area (TPSA) is 84.0 Å². The standard InChI is InChI=1S/C17H14N4O2/c1-11(22)20-13-3-2-4-14(10-13)21-17(23)12-5-6-15-16(9-12)19-8-7-18-15/h2-10H,1H3,(H,20,22)(H,21,23). The molecule has 0 atom stereocenters. The van der Waals surface area contributed by atoms with Crippen molar-refractivity contribution in [3.63, 3.8) is 0 Å². The van der Waals surface area contributed by atoms with Crippen LogP contribution in [0.4, 0.5) is 11.4 Å². The predicted molar refractivity (Wildman–Crippen MR) is 88.2 cm³/mol. The smallest absolute Gasteiger partial charge is 0.255 e. The zero-order valence-electron chi connectivity index (χ0n) is 12.4. The van der Waals surface area contributed by atoms with E-state index < -0.39 is 0 Å². The van der Waals surface area contributed by atoms with Gasteiger partial charge in [0.2, 0.25) is 5.91 Å². The van der Waals surface area contributed by atoms with E-state index in [1.807, 2.05) is 0 Å². The minimum Gasteiger partial charge on any atom is -0.326 e. The Morgan fingerprint density at radius 1 is 0.870 bits per heavy atom. The summed E-state index contributed by atoms with van der Waals surface area (Å²) in [6.07, 6.45) is 3.19. The summed E-state index contributed by atoms with van der Waals surface area (Å²) in [5.74, 6) is -0.417. The van der Waals surface area contributed by atoms with Crippen LogP contribution in [-0.2, 0) is 4.79 Å². The Kier molecular flexibility index (Phi) is 3.97. The van der Waals surface area contributed by atoms with Gasteiger partial charge in [-0.05, 0) is 36.4 Å². The first kappa shape index (κ1) is 14.6.